The van der Waals surface area contributed by atoms with Gasteiger partial charge in [-0.15, -0.1) is 0 Å². The van der Waals surface area contributed by atoms with Gasteiger partial charge in [0.25, 0.3) is 0 Å². The van der Waals surface area contributed by atoms with Gasteiger partial charge in [-0.3, -0.25) is 9.69 Å². The van der Waals surface area contributed by atoms with Gasteiger partial charge in [-0.25, -0.2) is 0 Å². The predicted octanol–water partition coefficient (Wildman–Crippen LogP) is 3.98. The number of hydrogen-bond donors (Lipinski definition) is 2. The fourth-order valence-electron chi connectivity index (χ4n) is 4.43. The number of aryl methyl sites for hydroxylation is 1. The summed E-state index contributed by atoms with van der Waals surface area (Å²) in [5.74, 6) is 0.933. The number of benzene rings is 2. The van der Waals surface area contributed by atoms with Crippen LogP contribution in [0.4, 0.5) is 0 Å². The maximum absolute atomic E-state index is 12.8. The van der Waals surface area contributed by atoms with Crippen LogP contribution in [0.25, 0.3) is 10.9 Å². The van der Waals surface area contributed by atoms with E-state index in [1.807, 2.05) is 37.3 Å². The highest BCUT2D eigenvalue weighted by Gasteiger charge is 2.26. The molecule has 1 amide bonds. The summed E-state index contributed by atoms with van der Waals surface area (Å²) >= 11 is 0. The summed E-state index contributed by atoms with van der Waals surface area (Å²) in [6.45, 7) is 4.73. The second-order valence-electron chi connectivity index (χ2n) is 7.76. The Kier molecular flexibility index (Phi) is 5.86. The molecule has 5 heteroatoms. The average molecular weight is 392 g/mol. The molecular formula is C24H29N3O2. The Morgan fingerprint density at radius 1 is 1.14 bits per heavy atom. The van der Waals surface area contributed by atoms with Crippen molar-refractivity contribution in [1.82, 2.24) is 15.2 Å². The number of carbonyl (C=O) groups excluding carboxylic acids is 1. The summed E-state index contributed by atoms with van der Waals surface area (Å²) in [5.41, 5.74) is 4.35. The van der Waals surface area contributed by atoms with Crippen LogP contribution in [-0.4, -0.2) is 42.5 Å². The summed E-state index contributed by atoms with van der Waals surface area (Å²) in [4.78, 5) is 18.7. The van der Waals surface area contributed by atoms with E-state index in [0.717, 1.165) is 46.6 Å². The lowest BCUT2D eigenvalue weighted by molar-refractivity contribution is -0.120. The van der Waals surface area contributed by atoms with Crippen LogP contribution in [0.3, 0.4) is 0 Å². The van der Waals surface area contributed by atoms with Crippen LogP contribution < -0.4 is 10.1 Å². The molecule has 1 aliphatic rings. The predicted molar refractivity (Wildman–Crippen MR) is 116 cm³/mol. The number of carbonyl (C=O) groups is 1. The third kappa shape index (κ3) is 4.15. The molecule has 1 aromatic heterocycles. The van der Waals surface area contributed by atoms with Gasteiger partial charge in [-0.1, -0.05) is 36.4 Å². The third-order valence-electron chi connectivity index (χ3n) is 5.94. The molecule has 1 atom stereocenters. The second kappa shape index (κ2) is 8.70. The number of likely N-dealkylation sites (tertiary alicyclic amines) is 1. The number of H-pyrrole nitrogens is 1. The van der Waals surface area contributed by atoms with E-state index in [9.17, 15) is 4.79 Å². The third-order valence-corrected chi connectivity index (χ3v) is 5.94. The number of aromatic nitrogens is 1. The first kappa shape index (κ1) is 19.5. The van der Waals surface area contributed by atoms with E-state index < -0.39 is 0 Å². The molecule has 4 rings (SSSR count). The molecule has 2 aromatic carbocycles. The molecule has 1 saturated heterocycles. The Morgan fingerprint density at radius 3 is 2.66 bits per heavy atom. The quantitative estimate of drug-likeness (QED) is 0.640. The number of hydrogen-bond acceptors (Lipinski definition) is 3. The first-order valence-corrected chi connectivity index (χ1v) is 10.4. The SMILES string of the molecule is COc1ccccc1C(CNC(=O)Cc1c(C)[nH]c2ccccc12)N1CCCC1. The molecule has 0 bridgehead atoms. The molecule has 0 saturated carbocycles. The maximum atomic E-state index is 12.8. The van der Waals surface area contributed by atoms with Gasteiger partial charge < -0.3 is 15.0 Å². The number of rotatable bonds is 7. The van der Waals surface area contributed by atoms with Crippen molar-refractivity contribution in [3.63, 3.8) is 0 Å². The van der Waals surface area contributed by atoms with Crippen molar-refractivity contribution in [2.75, 3.05) is 26.7 Å². The van der Waals surface area contributed by atoms with Crippen LogP contribution in [0.1, 0.15) is 35.7 Å². The number of amides is 1. The first-order valence-electron chi connectivity index (χ1n) is 10.4. The van der Waals surface area contributed by atoms with E-state index in [-0.39, 0.29) is 11.9 Å². The number of methoxy groups -OCH3 is 1. The molecule has 1 unspecified atom stereocenters. The monoisotopic (exact) mass is 391 g/mol. The molecular weight excluding hydrogens is 362 g/mol. The lowest BCUT2D eigenvalue weighted by atomic mass is 10.0. The van der Waals surface area contributed by atoms with Crippen molar-refractivity contribution in [2.45, 2.75) is 32.2 Å². The Hall–Kier alpha value is -2.79. The minimum atomic E-state index is 0.0527. The van der Waals surface area contributed by atoms with Crippen LogP contribution in [0.2, 0.25) is 0 Å². The average Bonchev–Trinajstić information content (AvgIpc) is 3.37. The van der Waals surface area contributed by atoms with Gasteiger partial charge in [0.2, 0.25) is 5.91 Å². The van der Waals surface area contributed by atoms with Crippen LogP contribution in [0.5, 0.6) is 5.75 Å². The molecule has 1 fully saturated rings. The zero-order valence-electron chi connectivity index (χ0n) is 17.2. The molecule has 1 aliphatic heterocycles. The molecule has 152 valence electrons. The van der Waals surface area contributed by atoms with Crippen molar-refractivity contribution in [1.29, 1.82) is 0 Å². The van der Waals surface area contributed by atoms with Crippen LogP contribution in [0.15, 0.2) is 48.5 Å². The molecule has 5 nitrogen and oxygen atoms in total. The summed E-state index contributed by atoms with van der Waals surface area (Å²) < 4.78 is 5.60. The van der Waals surface area contributed by atoms with Crippen molar-refractivity contribution in [2.24, 2.45) is 0 Å². The number of para-hydroxylation sites is 2. The number of fused-ring (bicyclic) bond motifs is 1. The number of nitrogens with one attached hydrogen (secondary N) is 2. The highest BCUT2D eigenvalue weighted by atomic mass is 16.5. The van der Waals surface area contributed by atoms with E-state index in [2.05, 4.69) is 33.4 Å². The smallest absolute Gasteiger partial charge is 0.224 e. The summed E-state index contributed by atoms with van der Waals surface area (Å²) in [6.07, 6.45) is 2.79. The summed E-state index contributed by atoms with van der Waals surface area (Å²) in [6, 6.07) is 16.4. The zero-order chi connectivity index (χ0) is 20.2. The first-order chi connectivity index (χ1) is 14.2. The van der Waals surface area contributed by atoms with Crippen LogP contribution in [0, 0.1) is 6.92 Å². The molecule has 2 heterocycles. The van der Waals surface area contributed by atoms with Gasteiger partial charge in [-0.2, -0.15) is 0 Å². The molecule has 2 N–H and O–H groups in total. The topological polar surface area (TPSA) is 57.4 Å². The standard InChI is InChI=1S/C24H29N3O2/c1-17-20(18-9-3-5-11-21(18)26-17)15-24(28)25-16-22(27-13-7-8-14-27)19-10-4-6-12-23(19)29-2/h3-6,9-12,22,26H,7-8,13-16H2,1-2H3,(H,25,28). The number of ether oxygens (including phenoxy) is 1. The summed E-state index contributed by atoms with van der Waals surface area (Å²) in [5, 5.41) is 4.32. The zero-order valence-corrected chi connectivity index (χ0v) is 17.2. The van der Waals surface area contributed by atoms with Gasteiger partial charge in [0.15, 0.2) is 0 Å². The Bertz CT molecular complexity index is 989. The summed E-state index contributed by atoms with van der Waals surface area (Å²) in [7, 11) is 1.71. The van der Waals surface area contributed by atoms with Gasteiger partial charge in [0.1, 0.15) is 5.75 Å². The van der Waals surface area contributed by atoms with E-state index in [4.69, 9.17) is 4.74 Å². The maximum Gasteiger partial charge on any atom is 0.224 e. The van der Waals surface area contributed by atoms with Crippen LogP contribution in [-0.2, 0) is 11.2 Å². The Morgan fingerprint density at radius 2 is 1.86 bits per heavy atom. The lowest BCUT2D eigenvalue weighted by Crippen LogP contribution is -2.37. The largest absolute Gasteiger partial charge is 0.496 e. The van der Waals surface area contributed by atoms with Crippen molar-refractivity contribution >= 4 is 16.8 Å². The van der Waals surface area contributed by atoms with E-state index in [1.54, 1.807) is 7.11 Å². The van der Waals surface area contributed by atoms with E-state index in [1.165, 1.54) is 12.8 Å². The van der Waals surface area contributed by atoms with E-state index >= 15 is 0 Å². The number of nitrogens with zero attached hydrogens (tertiary/aromatic N) is 1. The number of aromatic amines is 1. The minimum Gasteiger partial charge on any atom is -0.496 e. The molecule has 0 spiro atoms. The molecule has 29 heavy (non-hydrogen) atoms. The highest BCUT2D eigenvalue weighted by molar-refractivity contribution is 5.90. The highest BCUT2D eigenvalue weighted by Crippen LogP contribution is 2.31. The van der Waals surface area contributed by atoms with Crippen molar-refractivity contribution < 1.29 is 9.53 Å². The molecule has 0 radical (unpaired) electrons. The Labute approximate surface area is 172 Å². The fraction of sp³-hybridized carbons (Fsp3) is 0.375. The molecule has 0 aliphatic carbocycles. The van der Waals surface area contributed by atoms with Crippen molar-refractivity contribution in [3.8, 4) is 5.75 Å². The van der Waals surface area contributed by atoms with Gasteiger partial charge >= 0.3 is 0 Å². The molecule has 3 aromatic rings. The normalized spacial score (nSPS) is 15.5. The van der Waals surface area contributed by atoms with Gasteiger partial charge in [0.05, 0.1) is 19.6 Å². The second-order valence-corrected chi connectivity index (χ2v) is 7.76. The minimum absolute atomic E-state index is 0.0527. The van der Waals surface area contributed by atoms with Crippen molar-refractivity contribution in [3.05, 3.63) is 65.4 Å². The van der Waals surface area contributed by atoms with Gasteiger partial charge in [-0.05, 0) is 50.6 Å². The fourth-order valence-corrected chi connectivity index (χ4v) is 4.43. The van der Waals surface area contributed by atoms with E-state index in [0.29, 0.717) is 13.0 Å². The van der Waals surface area contributed by atoms with Gasteiger partial charge in [0, 0.05) is 28.7 Å². The van der Waals surface area contributed by atoms with Crippen LogP contribution >= 0.6 is 0 Å². The Balaban J connectivity index is 1.49. The lowest BCUT2D eigenvalue weighted by Gasteiger charge is -2.29.